The highest BCUT2D eigenvalue weighted by molar-refractivity contribution is 8.00. The van der Waals surface area contributed by atoms with Crippen molar-refractivity contribution in [3.05, 3.63) is 71.1 Å². The van der Waals surface area contributed by atoms with Gasteiger partial charge >= 0.3 is 0 Å². The van der Waals surface area contributed by atoms with E-state index in [1.807, 2.05) is 42.5 Å². The number of hydrogen-bond acceptors (Lipinski definition) is 5. The van der Waals surface area contributed by atoms with Gasteiger partial charge in [-0.25, -0.2) is 4.98 Å². The zero-order valence-corrected chi connectivity index (χ0v) is 16.2. The Morgan fingerprint density at radius 3 is 2.64 bits per heavy atom. The minimum absolute atomic E-state index is 0.124. The summed E-state index contributed by atoms with van der Waals surface area (Å²) < 4.78 is 1.48. The quantitative estimate of drug-likeness (QED) is 0.426. The summed E-state index contributed by atoms with van der Waals surface area (Å²) in [6, 6.07) is 16.6. The van der Waals surface area contributed by atoms with Gasteiger partial charge in [0.15, 0.2) is 5.16 Å². The number of carbonyl (C=O) groups excluding carboxylic acids is 1. The maximum atomic E-state index is 12.8. The van der Waals surface area contributed by atoms with Gasteiger partial charge in [0.05, 0.1) is 27.4 Å². The SMILES string of the molecule is C[C@@H](Sc1nc2ccccc2c(=O)n1C)C(=O)Nc1cccc2ncccc12. The van der Waals surface area contributed by atoms with Gasteiger partial charge in [-0.15, -0.1) is 0 Å². The van der Waals surface area contributed by atoms with E-state index in [0.29, 0.717) is 21.7 Å². The highest BCUT2D eigenvalue weighted by Crippen LogP contribution is 2.25. The summed E-state index contributed by atoms with van der Waals surface area (Å²) in [5.41, 5.74) is 2.03. The highest BCUT2D eigenvalue weighted by Gasteiger charge is 2.19. The molecular formula is C21H18N4O2S. The Kier molecular flexibility index (Phi) is 4.83. The van der Waals surface area contributed by atoms with Crippen molar-refractivity contribution in [2.45, 2.75) is 17.3 Å². The summed E-state index contributed by atoms with van der Waals surface area (Å²) in [5.74, 6) is -0.163. The van der Waals surface area contributed by atoms with E-state index in [1.165, 1.54) is 16.3 Å². The van der Waals surface area contributed by atoms with Gasteiger partial charge in [0.2, 0.25) is 5.91 Å². The first-order chi connectivity index (χ1) is 13.5. The molecule has 0 saturated heterocycles. The Morgan fingerprint density at radius 2 is 1.79 bits per heavy atom. The standard InChI is InChI=1S/C21H18N4O2S/c1-13(19(26)23-17-11-5-10-16-14(17)8-6-12-22-16)28-21-24-18-9-4-3-7-15(18)20(27)25(21)2/h3-13H,1-2H3,(H,23,26)/t13-/m1/s1. The first kappa shape index (κ1) is 18.2. The second kappa shape index (κ2) is 7.44. The molecule has 0 spiro atoms. The van der Waals surface area contributed by atoms with Crippen LogP contribution in [0, 0.1) is 0 Å². The molecule has 4 rings (SSSR count). The molecule has 0 aliphatic carbocycles. The molecule has 2 heterocycles. The highest BCUT2D eigenvalue weighted by atomic mass is 32.2. The number of anilines is 1. The Labute approximate surface area is 165 Å². The van der Waals surface area contributed by atoms with E-state index >= 15 is 0 Å². The van der Waals surface area contributed by atoms with Gasteiger partial charge in [-0.2, -0.15) is 0 Å². The number of amides is 1. The van der Waals surface area contributed by atoms with E-state index in [-0.39, 0.29) is 11.5 Å². The first-order valence-corrected chi connectivity index (χ1v) is 9.69. The van der Waals surface area contributed by atoms with Crippen LogP contribution in [0.3, 0.4) is 0 Å². The lowest BCUT2D eigenvalue weighted by atomic mass is 10.2. The largest absolute Gasteiger partial charge is 0.324 e. The number of benzene rings is 2. The van der Waals surface area contributed by atoms with Crippen LogP contribution in [0.25, 0.3) is 21.8 Å². The molecule has 4 aromatic rings. The number of aromatic nitrogens is 3. The molecule has 6 nitrogen and oxygen atoms in total. The normalized spacial score (nSPS) is 12.2. The number of rotatable bonds is 4. The minimum Gasteiger partial charge on any atom is -0.324 e. The molecule has 1 N–H and O–H groups in total. The Hall–Kier alpha value is -3.19. The molecule has 1 amide bonds. The lowest BCUT2D eigenvalue weighted by Crippen LogP contribution is -2.25. The number of nitrogens with zero attached hydrogens (tertiary/aromatic N) is 3. The molecule has 2 aromatic heterocycles. The molecule has 0 bridgehead atoms. The van der Waals surface area contributed by atoms with Crippen LogP contribution in [0.1, 0.15) is 6.92 Å². The molecule has 7 heteroatoms. The third-order valence-electron chi connectivity index (χ3n) is 4.50. The molecular weight excluding hydrogens is 372 g/mol. The van der Waals surface area contributed by atoms with Crippen molar-refractivity contribution >= 4 is 45.2 Å². The van der Waals surface area contributed by atoms with E-state index in [1.54, 1.807) is 32.3 Å². The summed E-state index contributed by atoms with van der Waals surface area (Å²) in [5, 5.41) is 4.47. The molecule has 1 atom stereocenters. The predicted molar refractivity (Wildman–Crippen MR) is 113 cm³/mol. The Morgan fingerprint density at radius 1 is 1.04 bits per heavy atom. The minimum atomic E-state index is -0.439. The molecule has 0 radical (unpaired) electrons. The second-order valence-electron chi connectivity index (χ2n) is 6.40. The smallest absolute Gasteiger partial charge is 0.261 e. The molecule has 2 aromatic carbocycles. The number of pyridine rings is 1. The maximum Gasteiger partial charge on any atom is 0.261 e. The lowest BCUT2D eigenvalue weighted by Gasteiger charge is -2.15. The van der Waals surface area contributed by atoms with Crippen LogP contribution in [0.4, 0.5) is 5.69 Å². The van der Waals surface area contributed by atoms with Crippen LogP contribution >= 0.6 is 11.8 Å². The zero-order chi connectivity index (χ0) is 19.7. The van der Waals surface area contributed by atoms with Crippen LogP contribution in [0.5, 0.6) is 0 Å². The average Bonchev–Trinajstić information content (AvgIpc) is 2.72. The lowest BCUT2D eigenvalue weighted by molar-refractivity contribution is -0.115. The van der Waals surface area contributed by atoms with Gasteiger partial charge in [0, 0.05) is 18.6 Å². The number of carbonyl (C=O) groups is 1. The number of hydrogen-bond donors (Lipinski definition) is 1. The summed E-state index contributed by atoms with van der Waals surface area (Å²) in [6.07, 6.45) is 1.72. The first-order valence-electron chi connectivity index (χ1n) is 8.81. The van der Waals surface area contributed by atoms with Crippen molar-refractivity contribution < 1.29 is 4.79 Å². The van der Waals surface area contributed by atoms with Gasteiger partial charge in [-0.3, -0.25) is 19.1 Å². The van der Waals surface area contributed by atoms with Crippen molar-refractivity contribution in [1.82, 2.24) is 14.5 Å². The second-order valence-corrected chi connectivity index (χ2v) is 7.71. The van der Waals surface area contributed by atoms with E-state index in [4.69, 9.17) is 0 Å². The fraction of sp³-hybridized carbons (Fsp3) is 0.143. The van der Waals surface area contributed by atoms with Crippen LogP contribution < -0.4 is 10.9 Å². The van der Waals surface area contributed by atoms with Gasteiger partial charge in [0.25, 0.3) is 5.56 Å². The number of thioether (sulfide) groups is 1. The average molecular weight is 390 g/mol. The third kappa shape index (κ3) is 3.36. The fourth-order valence-electron chi connectivity index (χ4n) is 2.96. The van der Waals surface area contributed by atoms with Crippen LogP contribution in [0.15, 0.2) is 70.7 Å². The maximum absolute atomic E-state index is 12.8. The summed E-state index contributed by atoms with van der Waals surface area (Å²) in [6.45, 7) is 1.80. The number of nitrogens with one attached hydrogen (secondary N) is 1. The molecule has 0 unspecified atom stereocenters. The molecule has 0 aliphatic heterocycles. The van der Waals surface area contributed by atoms with Crippen LogP contribution in [-0.4, -0.2) is 25.7 Å². The van der Waals surface area contributed by atoms with Gasteiger partial charge in [-0.05, 0) is 43.3 Å². The van der Waals surface area contributed by atoms with E-state index < -0.39 is 5.25 Å². The molecule has 140 valence electrons. The van der Waals surface area contributed by atoms with Crippen LogP contribution in [-0.2, 0) is 11.8 Å². The van der Waals surface area contributed by atoms with Gasteiger partial charge < -0.3 is 5.32 Å². The summed E-state index contributed by atoms with van der Waals surface area (Å²) >= 11 is 1.26. The predicted octanol–water partition coefficient (Wildman–Crippen LogP) is 3.60. The molecule has 0 fully saturated rings. The number of para-hydroxylation sites is 1. The molecule has 0 saturated carbocycles. The van der Waals surface area contributed by atoms with E-state index in [2.05, 4.69) is 15.3 Å². The molecule has 0 aliphatic rings. The van der Waals surface area contributed by atoms with E-state index in [9.17, 15) is 9.59 Å². The van der Waals surface area contributed by atoms with Crippen molar-refractivity contribution in [2.24, 2.45) is 7.05 Å². The van der Waals surface area contributed by atoms with Gasteiger partial charge in [0.1, 0.15) is 0 Å². The van der Waals surface area contributed by atoms with Crippen molar-refractivity contribution in [3.63, 3.8) is 0 Å². The van der Waals surface area contributed by atoms with Gasteiger partial charge in [-0.1, -0.05) is 30.0 Å². The summed E-state index contributed by atoms with van der Waals surface area (Å²) in [4.78, 5) is 34.2. The molecule has 28 heavy (non-hydrogen) atoms. The van der Waals surface area contributed by atoms with Crippen molar-refractivity contribution in [3.8, 4) is 0 Å². The third-order valence-corrected chi connectivity index (χ3v) is 5.64. The van der Waals surface area contributed by atoms with Crippen molar-refractivity contribution in [2.75, 3.05) is 5.32 Å². The monoisotopic (exact) mass is 390 g/mol. The van der Waals surface area contributed by atoms with Crippen LogP contribution in [0.2, 0.25) is 0 Å². The van der Waals surface area contributed by atoms with E-state index in [0.717, 1.165) is 10.9 Å². The Balaban J connectivity index is 1.59. The topological polar surface area (TPSA) is 76.9 Å². The zero-order valence-electron chi connectivity index (χ0n) is 15.4. The van der Waals surface area contributed by atoms with Crippen molar-refractivity contribution in [1.29, 1.82) is 0 Å². The number of fused-ring (bicyclic) bond motifs is 2. The fourth-order valence-corrected chi connectivity index (χ4v) is 3.84. The Bertz CT molecular complexity index is 1250. The summed E-state index contributed by atoms with van der Waals surface area (Å²) in [7, 11) is 1.67.